The van der Waals surface area contributed by atoms with Crippen LogP contribution in [0.4, 0.5) is 0 Å². The zero-order valence-corrected chi connectivity index (χ0v) is 11.8. The molecule has 0 radical (unpaired) electrons. The van der Waals surface area contributed by atoms with Crippen LogP contribution in [0.3, 0.4) is 0 Å². The van der Waals surface area contributed by atoms with E-state index in [1.165, 1.54) is 0 Å². The Bertz CT molecular complexity index is 212. The molecule has 0 aromatic heterocycles. The number of nitrogens with zero attached hydrogens (tertiary/aromatic N) is 2. The molecule has 16 heavy (non-hydrogen) atoms. The second-order valence-corrected chi connectivity index (χ2v) is 5.52. The SMILES string of the molecule is CCCC(C)(C)C(=O)N(C)CCCN(C)C. The van der Waals surface area contributed by atoms with Gasteiger partial charge < -0.3 is 9.80 Å². The van der Waals surface area contributed by atoms with E-state index >= 15 is 0 Å². The van der Waals surface area contributed by atoms with Gasteiger partial charge in [0.2, 0.25) is 5.91 Å². The molecule has 0 aliphatic rings. The van der Waals surface area contributed by atoms with Gasteiger partial charge in [-0.1, -0.05) is 27.2 Å². The third kappa shape index (κ3) is 5.50. The molecule has 0 unspecified atom stereocenters. The summed E-state index contributed by atoms with van der Waals surface area (Å²) in [6.45, 7) is 8.10. The summed E-state index contributed by atoms with van der Waals surface area (Å²) in [6, 6.07) is 0. The van der Waals surface area contributed by atoms with Crippen LogP contribution in [-0.2, 0) is 4.79 Å². The van der Waals surface area contributed by atoms with Crippen molar-refractivity contribution in [1.29, 1.82) is 0 Å². The minimum absolute atomic E-state index is 0.207. The molecule has 0 aromatic carbocycles. The maximum Gasteiger partial charge on any atom is 0.227 e. The molecule has 0 saturated heterocycles. The van der Waals surface area contributed by atoms with Crippen molar-refractivity contribution in [2.24, 2.45) is 5.41 Å². The first-order valence-corrected chi connectivity index (χ1v) is 6.21. The molecule has 0 rings (SSSR count). The van der Waals surface area contributed by atoms with Gasteiger partial charge in [0.25, 0.3) is 0 Å². The van der Waals surface area contributed by atoms with Gasteiger partial charge in [-0.05, 0) is 33.5 Å². The Morgan fingerprint density at radius 3 is 2.12 bits per heavy atom. The molecule has 0 saturated carbocycles. The van der Waals surface area contributed by atoms with E-state index in [-0.39, 0.29) is 11.3 Å². The highest BCUT2D eigenvalue weighted by Crippen LogP contribution is 2.24. The van der Waals surface area contributed by atoms with E-state index in [9.17, 15) is 4.79 Å². The quantitative estimate of drug-likeness (QED) is 0.667. The van der Waals surface area contributed by atoms with Crippen LogP contribution in [0.5, 0.6) is 0 Å². The van der Waals surface area contributed by atoms with Gasteiger partial charge in [-0.15, -0.1) is 0 Å². The topological polar surface area (TPSA) is 23.6 Å². The van der Waals surface area contributed by atoms with E-state index in [1.54, 1.807) is 0 Å². The molecule has 0 bridgehead atoms. The summed E-state index contributed by atoms with van der Waals surface area (Å²) in [5.41, 5.74) is -0.207. The monoisotopic (exact) mass is 228 g/mol. The minimum Gasteiger partial charge on any atom is -0.345 e. The molecule has 0 atom stereocenters. The van der Waals surface area contributed by atoms with Crippen LogP contribution in [0.1, 0.15) is 40.0 Å². The molecular weight excluding hydrogens is 200 g/mol. The Hall–Kier alpha value is -0.570. The largest absolute Gasteiger partial charge is 0.345 e. The van der Waals surface area contributed by atoms with Crippen molar-refractivity contribution >= 4 is 5.91 Å². The van der Waals surface area contributed by atoms with Crippen molar-refractivity contribution in [3.05, 3.63) is 0 Å². The van der Waals surface area contributed by atoms with Crippen molar-refractivity contribution in [2.45, 2.75) is 40.0 Å². The van der Waals surface area contributed by atoms with E-state index in [0.29, 0.717) is 0 Å². The van der Waals surface area contributed by atoms with E-state index in [0.717, 1.165) is 32.4 Å². The lowest BCUT2D eigenvalue weighted by Gasteiger charge is -2.29. The number of rotatable bonds is 7. The summed E-state index contributed by atoms with van der Waals surface area (Å²) in [4.78, 5) is 16.2. The molecule has 0 spiro atoms. The Morgan fingerprint density at radius 1 is 1.12 bits per heavy atom. The summed E-state index contributed by atoms with van der Waals surface area (Å²) in [6.07, 6.45) is 3.06. The molecule has 0 aliphatic heterocycles. The second-order valence-electron chi connectivity index (χ2n) is 5.52. The van der Waals surface area contributed by atoms with Gasteiger partial charge in [-0.3, -0.25) is 4.79 Å². The van der Waals surface area contributed by atoms with E-state index in [1.807, 2.05) is 25.8 Å². The van der Waals surface area contributed by atoms with Crippen LogP contribution < -0.4 is 0 Å². The maximum absolute atomic E-state index is 12.1. The average molecular weight is 228 g/mol. The van der Waals surface area contributed by atoms with Gasteiger partial charge in [0.1, 0.15) is 0 Å². The first-order chi connectivity index (χ1) is 7.31. The van der Waals surface area contributed by atoms with E-state index < -0.39 is 0 Å². The lowest BCUT2D eigenvalue weighted by molar-refractivity contribution is -0.139. The fourth-order valence-corrected chi connectivity index (χ4v) is 1.97. The van der Waals surface area contributed by atoms with Crippen molar-refractivity contribution in [2.75, 3.05) is 34.2 Å². The van der Waals surface area contributed by atoms with Gasteiger partial charge in [-0.2, -0.15) is 0 Å². The molecule has 96 valence electrons. The van der Waals surface area contributed by atoms with Gasteiger partial charge in [0.15, 0.2) is 0 Å². The van der Waals surface area contributed by atoms with E-state index in [4.69, 9.17) is 0 Å². The molecule has 0 aliphatic carbocycles. The van der Waals surface area contributed by atoms with Gasteiger partial charge >= 0.3 is 0 Å². The van der Waals surface area contributed by atoms with Crippen LogP contribution in [0, 0.1) is 5.41 Å². The average Bonchev–Trinajstić information content (AvgIpc) is 2.15. The fraction of sp³-hybridized carbons (Fsp3) is 0.923. The minimum atomic E-state index is -0.207. The first-order valence-electron chi connectivity index (χ1n) is 6.21. The Morgan fingerprint density at radius 2 is 1.69 bits per heavy atom. The smallest absolute Gasteiger partial charge is 0.227 e. The molecule has 3 nitrogen and oxygen atoms in total. The summed E-state index contributed by atoms with van der Waals surface area (Å²) in [5, 5.41) is 0. The Balaban J connectivity index is 4.07. The summed E-state index contributed by atoms with van der Waals surface area (Å²) in [7, 11) is 6.03. The summed E-state index contributed by atoms with van der Waals surface area (Å²) < 4.78 is 0. The number of carbonyl (C=O) groups excluding carboxylic acids is 1. The normalized spacial score (nSPS) is 11.9. The van der Waals surface area contributed by atoms with Gasteiger partial charge in [-0.25, -0.2) is 0 Å². The highest BCUT2D eigenvalue weighted by molar-refractivity contribution is 5.81. The van der Waals surface area contributed by atoms with Crippen molar-refractivity contribution in [3.63, 3.8) is 0 Å². The fourth-order valence-electron chi connectivity index (χ4n) is 1.97. The lowest BCUT2D eigenvalue weighted by atomic mass is 9.86. The van der Waals surface area contributed by atoms with Gasteiger partial charge in [0, 0.05) is 19.0 Å². The first kappa shape index (κ1) is 15.4. The third-order valence-electron chi connectivity index (χ3n) is 2.90. The third-order valence-corrected chi connectivity index (χ3v) is 2.90. The number of hydrogen-bond acceptors (Lipinski definition) is 2. The summed E-state index contributed by atoms with van der Waals surface area (Å²) in [5.74, 6) is 0.271. The number of amides is 1. The van der Waals surface area contributed by atoms with Crippen LogP contribution in [-0.4, -0.2) is 49.9 Å². The zero-order chi connectivity index (χ0) is 12.8. The highest BCUT2D eigenvalue weighted by atomic mass is 16.2. The Kier molecular flexibility index (Phi) is 6.65. The second kappa shape index (κ2) is 6.89. The zero-order valence-electron chi connectivity index (χ0n) is 11.8. The highest BCUT2D eigenvalue weighted by Gasteiger charge is 2.28. The molecule has 0 aromatic rings. The van der Waals surface area contributed by atoms with Crippen LogP contribution in [0.25, 0.3) is 0 Å². The summed E-state index contributed by atoms with van der Waals surface area (Å²) >= 11 is 0. The van der Waals surface area contributed by atoms with Crippen molar-refractivity contribution in [3.8, 4) is 0 Å². The molecular formula is C13H28N2O. The van der Waals surface area contributed by atoms with Crippen LogP contribution in [0.2, 0.25) is 0 Å². The van der Waals surface area contributed by atoms with E-state index in [2.05, 4.69) is 25.9 Å². The number of carbonyl (C=O) groups is 1. The lowest BCUT2D eigenvalue weighted by Crippen LogP contribution is -2.39. The predicted octanol–water partition coefficient (Wildman–Crippen LogP) is 2.22. The van der Waals surface area contributed by atoms with Gasteiger partial charge in [0.05, 0.1) is 0 Å². The number of hydrogen-bond donors (Lipinski definition) is 0. The molecule has 0 heterocycles. The molecule has 0 fully saturated rings. The van der Waals surface area contributed by atoms with Crippen LogP contribution in [0.15, 0.2) is 0 Å². The standard InChI is InChI=1S/C13H28N2O/c1-7-9-13(2,3)12(16)15(6)11-8-10-14(4)5/h7-11H2,1-6H3. The maximum atomic E-state index is 12.1. The van der Waals surface area contributed by atoms with Crippen molar-refractivity contribution in [1.82, 2.24) is 9.80 Å². The van der Waals surface area contributed by atoms with Crippen LogP contribution >= 0.6 is 0 Å². The Labute approximate surface area is 101 Å². The molecule has 3 heteroatoms. The van der Waals surface area contributed by atoms with Crippen molar-refractivity contribution < 1.29 is 4.79 Å². The molecule has 1 amide bonds. The predicted molar refractivity (Wildman–Crippen MR) is 69.5 cm³/mol. The molecule has 0 N–H and O–H groups in total.